The number of carbonyl (C=O) groups is 1. The molecular weight excluding hydrogens is 322 g/mol. The topological polar surface area (TPSA) is 68.2 Å². The van der Waals surface area contributed by atoms with Gasteiger partial charge in [0.1, 0.15) is 5.75 Å². The molecule has 0 radical (unpaired) electrons. The van der Waals surface area contributed by atoms with Gasteiger partial charge in [-0.25, -0.2) is 4.79 Å². The number of nitrogens with zero attached hydrogens (tertiary/aromatic N) is 1. The maximum absolute atomic E-state index is 11.1. The quantitative estimate of drug-likeness (QED) is 0.766. The minimum atomic E-state index is -0.861. The monoisotopic (exact) mass is 349 g/mol. The fourth-order valence-electron chi connectivity index (χ4n) is 3.35. The van der Waals surface area contributed by atoms with Crippen LogP contribution < -0.4 is 4.74 Å². The number of hydrogen-bond donors (Lipinski definition) is 1. The van der Waals surface area contributed by atoms with Crippen LogP contribution in [-0.4, -0.2) is 55.2 Å². The van der Waals surface area contributed by atoms with E-state index >= 15 is 0 Å². The third-order valence-electron chi connectivity index (χ3n) is 4.76. The summed E-state index contributed by atoms with van der Waals surface area (Å²) in [5, 5.41) is 9.13. The molecule has 0 spiro atoms. The summed E-state index contributed by atoms with van der Waals surface area (Å²) in [5.74, 6) is 0.893. The van der Waals surface area contributed by atoms with Crippen LogP contribution in [-0.2, 0) is 22.4 Å². The Morgan fingerprint density at radius 3 is 3.00 bits per heavy atom. The van der Waals surface area contributed by atoms with Crippen molar-refractivity contribution in [3.63, 3.8) is 0 Å². The molecule has 2 heterocycles. The first-order valence-electron chi connectivity index (χ1n) is 9.15. The average molecular weight is 349 g/mol. The molecule has 0 aliphatic carbocycles. The molecule has 1 aromatic rings. The highest BCUT2D eigenvalue weighted by molar-refractivity contribution is 5.65. The van der Waals surface area contributed by atoms with Crippen LogP contribution in [0.1, 0.15) is 36.8 Å². The molecule has 1 aromatic carbocycles. The Kier molecular flexibility index (Phi) is 6.53. The minimum Gasteiger partial charge on any atom is -0.493 e. The molecule has 1 saturated heterocycles. The molecule has 1 atom stereocenters. The van der Waals surface area contributed by atoms with Crippen LogP contribution in [0.5, 0.6) is 5.75 Å². The van der Waals surface area contributed by atoms with E-state index in [1.807, 2.05) is 18.2 Å². The first-order chi connectivity index (χ1) is 12.2. The maximum Gasteiger partial charge on any atom is 0.407 e. The van der Waals surface area contributed by atoms with Crippen LogP contribution in [0.15, 0.2) is 18.2 Å². The highest BCUT2D eigenvalue weighted by Crippen LogP contribution is 2.28. The fourth-order valence-corrected chi connectivity index (χ4v) is 3.35. The van der Waals surface area contributed by atoms with Crippen LogP contribution in [0, 0.1) is 0 Å². The highest BCUT2D eigenvalue weighted by atomic mass is 16.5. The molecule has 0 saturated carbocycles. The predicted octanol–water partition coefficient (Wildman–Crippen LogP) is 3.08. The summed E-state index contributed by atoms with van der Waals surface area (Å²) < 4.78 is 17.2. The van der Waals surface area contributed by atoms with Crippen molar-refractivity contribution < 1.29 is 24.1 Å². The van der Waals surface area contributed by atoms with Crippen molar-refractivity contribution >= 4 is 6.09 Å². The summed E-state index contributed by atoms with van der Waals surface area (Å²) in [6.07, 6.45) is 4.21. The molecule has 25 heavy (non-hydrogen) atoms. The Balaban J connectivity index is 1.39. The molecule has 6 heteroatoms. The molecule has 6 nitrogen and oxygen atoms in total. The SMILES string of the molecule is O=C(O)N1CCc2c(cccc2OCCCCOC2CCCOC2)C1. The van der Waals surface area contributed by atoms with Gasteiger partial charge in [-0.2, -0.15) is 0 Å². The number of fused-ring (bicyclic) bond motifs is 1. The second-order valence-electron chi connectivity index (χ2n) is 6.61. The van der Waals surface area contributed by atoms with Gasteiger partial charge in [-0.3, -0.25) is 0 Å². The summed E-state index contributed by atoms with van der Waals surface area (Å²) in [6.45, 7) is 3.96. The van der Waals surface area contributed by atoms with Crippen LogP contribution in [0.4, 0.5) is 4.79 Å². The Morgan fingerprint density at radius 1 is 1.32 bits per heavy atom. The van der Waals surface area contributed by atoms with Gasteiger partial charge in [0.25, 0.3) is 0 Å². The zero-order chi connectivity index (χ0) is 17.5. The molecule has 1 unspecified atom stereocenters. The van der Waals surface area contributed by atoms with E-state index in [9.17, 15) is 4.79 Å². The number of unbranched alkanes of at least 4 members (excludes halogenated alkanes) is 1. The van der Waals surface area contributed by atoms with Crippen LogP contribution in [0.25, 0.3) is 0 Å². The van der Waals surface area contributed by atoms with Gasteiger partial charge in [-0.1, -0.05) is 12.1 Å². The lowest BCUT2D eigenvalue weighted by atomic mass is 9.99. The van der Waals surface area contributed by atoms with Crippen molar-refractivity contribution in [1.29, 1.82) is 0 Å². The largest absolute Gasteiger partial charge is 0.493 e. The number of ether oxygens (including phenoxy) is 3. The van der Waals surface area contributed by atoms with Crippen LogP contribution >= 0.6 is 0 Å². The van der Waals surface area contributed by atoms with Gasteiger partial charge in [0.2, 0.25) is 0 Å². The third-order valence-corrected chi connectivity index (χ3v) is 4.76. The van der Waals surface area contributed by atoms with Crippen LogP contribution in [0.3, 0.4) is 0 Å². The summed E-state index contributed by atoms with van der Waals surface area (Å²) in [5.41, 5.74) is 2.20. The normalized spacial score (nSPS) is 20.2. The molecule has 1 fully saturated rings. The average Bonchev–Trinajstić information content (AvgIpc) is 2.65. The molecule has 0 aromatic heterocycles. The van der Waals surface area contributed by atoms with E-state index in [2.05, 4.69) is 0 Å². The number of hydrogen-bond acceptors (Lipinski definition) is 4. The van der Waals surface area contributed by atoms with Gasteiger partial charge in [-0.15, -0.1) is 0 Å². The summed E-state index contributed by atoms with van der Waals surface area (Å²) in [7, 11) is 0. The highest BCUT2D eigenvalue weighted by Gasteiger charge is 2.22. The number of benzene rings is 1. The Labute approximate surface area is 148 Å². The second-order valence-corrected chi connectivity index (χ2v) is 6.61. The van der Waals surface area contributed by atoms with Crippen molar-refractivity contribution in [2.75, 3.05) is 33.0 Å². The van der Waals surface area contributed by atoms with Crippen molar-refractivity contribution in [2.45, 2.75) is 44.8 Å². The molecule has 2 aliphatic rings. The van der Waals surface area contributed by atoms with Gasteiger partial charge >= 0.3 is 6.09 Å². The van der Waals surface area contributed by atoms with E-state index in [4.69, 9.17) is 19.3 Å². The molecule has 3 rings (SSSR count). The summed E-state index contributed by atoms with van der Waals surface area (Å²) in [6, 6.07) is 5.90. The van der Waals surface area contributed by atoms with Gasteiger partial charge in [-0.05, 0) is 43.7 Å². The first-order valence-corrected chi connectivity index (χ1v) is 9.15. The van der Waals surface area contributed by atoms with Crippen molar-refractivity contribution in [3.05, 3.63) is 29.3 Å². The number of rotatable bonds is 7. The zero-order valence-electron chi connectivity index (χ0n) is 14.6. The van der Waals surface area contributed by atoms with Gasteiger partial charge in [0.05, 0.1) is 19.3 Å². The van der Waals surface area contributed by atoms with E-state index < -0.39 is 6.09 Å². The zero-order valence-corrected chi connectivity index (χ0v) is 14.6. The number of amides is 1. The molecule has 2 aliphatic heterocycles. The molecule has 1 N–H and O–H groups in total. The lowest BCUT2D eigenvalue weighted by molar-refractivity contribution is -0.0510. The molecule has 138 valence electrons. The minimum absolute atomic E-state index is 0.257. The van der Waals surface area contributed by atoms with E-state index in [0.717, 1.165) is 62.4 Å². The number of carboxylic acid groups (broad SMARTS) is 1. The van der Waals surface area contributed by atoms with Crippen molar-refractivity contribution in [1.82, 2.24) is 4.90 Å². The van der Waals surface area contributed by atoms with E-state index in [1.54, 1.807) is 0 Å². The molecule has 1 amide bonds. The fraction of sp³-hybridized carbons (Fsp3) is 0.632. The Bertz CT molecular complexity index is 571. The Morgan fingerprint density at radius 2 is 2.20 bits per heavy atom. The van der Waals surface area contributed by atoms with E-state index in [-0.39, 0.29) is 6.10 Å². The van der Waals surface area contributed by atoms with Crippen molar-refractivity contribution in [3.8, 4) is 5.75 Å². The lowest BCUT2D eigenvalue weighted by Gasteiger charge is -2.27. The lowest BCUT2D eigenvalue weighted by Crippen LogP contribution is -2.34. The summed E-state index contributed by atoms with van der Waals surface area (Å²) >= 11 is 0. The smallest absolute Gasteiger partial charge is 0.407 e. The van der Waals surface area contributed by atoms with Gasteiger partial charge < -0.3 is 24.2 Å². The van der Waals surface area contributed by atoms with Gasteiger partial charge in [0.15, 0.2) is 0 Å². The first kappa shape index (κ1) is 18.0. The molecule has 0 bridgehead atoms. The second kappa shape index (κ2) is 9.06. The molecular formula is C19H27NO5. The van der Waals surface area contributed by atoms with E-state index in [1.165, 1.54) is 4.90 Å². The van der Waals surface area contributed by atoms with E-state index in [0.29, 0.717) is 26.1 Å². The summed E-state index contributed by atoms with van der Waals surface area (Å²) in [4.78, 5) is 12.6. The van der Waals surface area contributed by atoms with Crippen molar-refractivity contribution in [2.24, 2.45) is 0 Å². The Hall–Kier alpha value is -1.79. The standard InChI is InChI=1S/C19H27NO5/c21-19(22)20-9-8-17-15(13-20)5-3-7-18(17)25-12-2-1-11-24-16-6-4-10-23-14-16/h3,5,7,16H,1-2,4,6,8-14H2,(H,21,22). The third kappa shape index (κ3) is 5.09. The predicted molar refractivity (Wildman–Crippen MR) is 93.1 cm³/mol. The maximum atomic E-state index is 11.1. The van der Waals surface area contributed by atoms with Gasteiger partial charge in [0, 0.05) is 31.9 Å². The van der Waals surface area contributed by atoms with Crippen LogP contribution in [0.2, 0.25) is 0 Å².